The molecule has 0 saturated carbocycles. The molecule has 22 heavy (non-hydrogen) atoms. The Labute approximate surface area is 149 Å². The zero-order valence-electron chi connectivity index (χ0n) is 12.5. The van der Waals surface area contributed by atoms with Gasteiger partial charge in [-0.2, -0.15) is 0 Å². The molecule has 0 N–H and O–H groups in total. The van der Waals surface area contributed by atoms with Crippen LogP contribution < -0.4 is 0 Å². The molecular weight excluding hydrogens is 409 g/mol. The van der Waals surface area contributed by atoms with Crippen molar-refractivity contribution >= 4 is 40.1 Å². The van der Waals surface area contributed by atoms with Crippen molar-refractivity contribution in [3.05, 3.63) is 70.2 Å². The van der Waals surface area contributed by atoms with Gasteiger partial charge in [0.2, 0.25) is 0 Å². The molecule has 1 aliphatic heterocycles. The summed E-state index contributed by atoms with van der Waals surface area (Å²) in [5.74, 6) is 0.0814. The van der Waals surface area contributed by atoms with Gasteiger partial charge in [0.1, 0.15) is 0 Å². The average Bonchev–Trinajstić information content (AvgIpc) is 2.55. The number of hydrogen-bond donors (Lipinski definition) is 0. The van der Waals surface area contributed by atoms with Crippen molar-refractivity contribution in [2.75, 3.05) is 11.5 Å². The van der Waals surface area contributed by atoms with Gasteiger partial charge in [0.05, 0.1) is 6.04 Å². The third-order valence-corrected chi connectivity index (χ3v) is 6.38. The molecule has 1 amide bonds. The number of carbonyl (C=O) groups is 1. The Balaban J connectivity index is 2.21. The Morgan fingerprint density at radius 1 is 1.18 bits per heavy atom. The van der Waals surface area contributed by atoms with Crippen LogP contribution in [-0.2, 0) is 5.41 Å². The predicted octanol–water partition coefficient (Wildman–Crippen LogP) is 4.86. The lowest BCUT2D eigenvalue weighted by atomic mass is 9.70. The molecule has 3 rings (SSSR count). The molecule has 2 aromatic carbocycles. The molecule has 2 aromatic rings. The van der Waals surface area contributed by atoms with Crippen molar-refractivity contribution in [3.63, 3.8) is 0 Å². The van der Waals surface area contributed by atoms with E-state index in [4.69, 9.17) is 11.6 Å². The topological polar surface area (TPSA) is 20.3 Å². The molecule has 0 aromatic heterocycles. The molecule has 2 atom stereocenters. The summed E-state index contributed by atoms with van der Waals surface area (Å²) >= 11 is 8.44. The van der Waals surface area contributed by atoms with Crippen LogP contribution in [0.25, 0.3) is 0 Å². The van der Waals surface area contributed by atoms with Crippen LogP contribution in [0, 0.1) is 0 Å². The van der Waals surface area contributed by atoms with Crippen molar-refractivity contribution in [2.45, 2.75) is 18.4 Å². The molecule has 0 radical (unpaired) electrons. The van der Waals surface area contributed by atoms with Crippen LogP contribution in [0.3, 0.4) is 0 Å². The lowest BCUT2D eigenvalue weighted by Crippen LogP contribution is -2.49. The molecular formula is C18H17ClINO. The Bertz CT molecular complexity index is 715. The number of likely N-dealkylation sites (N-methyl/N-ethyl adjacent to an activating group) is 1. The fourth-order valence-electron chi connectivity index (χ4n) is 3.43. The van der Waals surface area contributed by atoms with Crippen LogP contribution in [-0.4, -0.2) is 22.3 Å². The summed E-state index contributed by atoms with van der Waals surface area (Å²) in [7, 11) is 1.89. The number of hydrogen-bond acceptors (Lipinski definition) is 1. The fourth-order valence-corrected chi connectivity index (χ4v) is 4.39. The van der Waals surface area contributed by atoms with Gasteiger partial charge in [-0.3, -0.25) is 4.79 Å². The van der Waals surface area contributed by atoms with Gasteiger partial charge in [-0.15, -0.1) is 0 Å². The molecule has 1 aliphatic rings. The highest BCUT2D eigenvalue weighted by Crippen LogP contribution is 2.47. The van der Waals surface area contributed by atoms with E-state index in [1.807, 2.05) is 54.4 Å². The summed E-state index contributed by atoms with van der Waals surface area (Å²) in [5.41, 5.74) is 2.93. The van der Waals surface area contributed by atoms with E-state index in [2.05, 4.69) is 35.6 Å². The van der Waals surface area contributed by atoms with Gasteiger partial charge in [0.25, 0.3) is 5.91 Å². The van der Waals surface area contributed by atoms with Gasteiger partial charge in [0, 0.05) is 27.5 Å². The van der Waals surface area contributed by atoms with Gasteiger partial charge in [-0.05, 0) is 29.3 Å². The largest absolute Gasteiger partial charge is 0.334 e. The summed E-state index contributed by atoms with van der Waals surface area (Å²) in [6.45, 7) is 2.24. The van der Waals surface area contributed by atoms with E-state index in [0.29, 0.717) is 5.02 Å². The van der Waals surface area contributed by atoms with Crippen molar-refractivity contribution in [2.24, 2.45) is 0 Å². The van der Waals surface area contributed by atoms with Crippen LogP contribution in [0.15, 0.2) is 48.5 Å². The highest BCUT2D eigenvalue weighted by Gasteiger charge is 2.46. The number of alkyl halides is 1. The first kappa shape index (κ1) is 15.8. The second-order valence-electron chi connectivity index (χ2n) is 5.97. The summed E-state index contributed by atoms with van der Waals surface area (Å²) in [6.07, 6.45) is 0. The third kappa shape index (κ3) is 2.35. The van der Waals surface area contributed by atoms with Gasteiger partial charge in [0.15, 0.2) is 0 Å². The van der Waals surface area contributed by atoms with E-state index in [-0.39, 0.29) is 17.4 Å². The lowest BCUT2D eigenvalue weighted by Gasteiger charge is -2.47. The van der Waals surface area contributed by atoms with Gasteiger partial charge in [-0.25, -0.2) is 0 Å². The van der Waals surface area contributed by atoms with Crippen LogP contribution >= 0.6 is 34.2 Å². The van der Waals surface area contributed by atoms with E-state index in [9.17, 15) is 4.79 Å². The number of nitrogens with zero attached hydrogens (tertiary/aromatic N) is 1. The number of rotatable bonds is 2. The molecule has 2 nitrogen and oxygen atoms in total. The van der Waals surface area contributed by atoms with E-state index in [1.54, 1.807) is 0 Å². The number of fused-ring (bicyclic) bond motifs is 1. The van der Waals surface area contributed by atoms with Crippen molar-refractivity contribution in [1.29, 1.82) is 0 Å². The first-order valence-corrected chi connectivity index (χ1v) is 9.07. The summed E-state index contributed by atoms with van der Waals surface area (Å²) in [4.78, 5) is 14.6. The van der Waals surface area contributed by atoms with E-state index < -0.39 is 0 Å². The van der Waals surface area contributed by atoms with Crippen LogP contribution in [0.4, 0.5) is 0 Å². The number of carbonyl (C=O) groups excluding carboxylic acids is 1. The number of amides is 1. The van der Waals surface area contributed by atoms with Crippen molar-refractivity contribution in [3.8, 4) is 0 Å². The maximum Gasteiger partial charge on any atom is 0.254 e. The molecule has 1 heterocycles. The van der Waals surface area contributed by atoms with Crippen LogP contribution in [0.1, 0.15) is 34.5 Å². The predicted molar refractivity (Wildman–Crippen MR) is 99.0 cm³/mol. The van der Waals surface area contributed by atoms with Gasteiger partial charge in [-0.1, -0.05) is 71.4 Å². The lowest BCUT2D eigenvalue weighted by molar-refractivity contribution is 0.0615. The standard InChI is InChI=1S/C18H17ClINO/c1-18(11-20)15-6-4-3-5-14(15)17(22)21(2)16(18)12-7-9-13(19)10-8-12/h3-10,16H,11H2,1-2H3/t16-,18+/m1/s1. The first-order valence-electron chi connectivity index (χ1n) is 7.17. The highest BCUT2D eigenvalue weighted by atomic mass is 127. The van der Waals surface area contributed by atoms with Crippen molar-refractivity contribution < 1.29 is 4.79 Å². The highest BCUT2D eigenvalue weighted by molar-refractivity contribution is 14.1. The number of halogens is 2. The second kappa shape index (κ2) is 5.85. The SMILES string of the molecule is CN1C(=O)c2ccccc2[C@](C)(CI)[C@H]1c1ccc(Cl)cc1. The minimum atomic E-state index is -0.131. The molecule has 4 heteroatoms. The second-order valence-corrected chi connectivity index (χ2v) is 7.17. The van der Waals surface area contributed by atoms with Crippen LogP contribution in [0.5, 0.6) is 0 Å². The van der Waals surface area contributed by atoms with E-state index >= 15 is 0 Å². The smallest absolute Gasteiger partial charge is 0.254 e. The monoisotopic (exact) mass is 425 g/mol. The zero-order chi connectivity index (χ0) is 15.9. The molecule has 114 valence electrons. The molecule has 0 saturated heterocycles. The Hall–Kier alpha value is -1.07. The summed E-state index contributed by atoms with van der Waals surface area (Å²) < 4.78 is 0.923. The molecule has 0 fully saturated rings. The Morgan fingerprint density at radius 3 is 2.45 bits per heavy atom. The quantitative estimate of drug-likeness (QED) is 0.497. The maximum absolute atomic E-state index is 12.8. The molecule has 0 aliphatic carbocycles. The van der Waals surface area contributed by atoms with E-state index in [1.165, 1.54) is 0 Å². The summed E-state index contributed by atoms with van der Waals surface area (Å²) in [6, 6.07) is 15.8. The Kier molecular flexibility index (Phi) is 4.21. The minimum absolute atomic E-state index is 0.00377. The van der Waals surface area contributed by atoms with Crippen LogP contribution in [0.2, 0.25) is 5.02 Å². The average molecular weight is 426 g/mol. The number of benzene rings is 2. The van der Waals surface area contributed by atoms with Gasteiger partial charge < -0.3 is 4.90 Å². The van der Waals surface area contributed by atoms with Crippen molar-refractivity contribution in [1.82, 2.24) is 4.90 Å². The molecule has 0 unspecified atom stereocenters. The zero-order valence-corrected chi connectivity index (χ0v) is 15.4. The molecule has 0 spiro atoms. The fraction of sp³-hybridized carbons (Fsp3) is 0.278. The maximum atomic E-state index is 12.8. The first-order chi connectivity index (χ1) is 10.5. The van der Waals surface area contributed by atoms with E-state index in [0.717, 1.165) is 21.1 Å². The van der Waals surface area contributed by atoms with Gasteiger partial charge >= 0.3 is 0 Å². The minimum Gasteiger partial charge on any atom is -0.334 e. The normalized spacial score (nSPS) is 24.3. The summed E-state index contributed by atoms with van der Waals surface area (Å²) in [5, 5.41) is 0.713. The third-order valence-electron chi connectivity index (χ3n) is 4.55. The Morgan fingerprint density at radius 2 is 1.82 bits per heavy atom. The molecule has 0 bridgehead atoms.